The zero-order valence-electron chi connectivity index (χ0n) is 26.7. The second-order valence-corrected chi connectivity index (χ2v) is 14.8. The normalized spacial score (nSPS) is 34.9. The molecule has 5 nitrogen and oxygen atoms in total. The Bertz CT molecular complexity index is 1380. The highest BCUT2D eigenvalue weighted by Gasteiger charge is 2.56. The quantitative estimate of drug-likeness (QED) is 0.186. The van der Waals surface area contributed by atoms with E-state index in [1.807, 2.05) is 13.8 Å². The minimum absolute atomic E-state index is 0.0868. The number of aliphatic imine (C=N–C) groups is 1. The second-order valence-electron chi connectivity index (χ2n) is 14.8. The van der Waals surface area contributed by atoms with Crippen molar-refractivity contribution in [2.24, 2.45) is 45.2 Å². The van der Waals surface area contributed by atoms with Gasteiger partial charge in [0.15, 0.2) is 5.76 Å². The number of ether oxygens (including phenoxy) is 1. The molecule has 2 fully saturated rings. The van der Waals surface area contributed by atoms with Gasteiger partial charge < -0.3 is 15.8 Å². The van der Waals surface area contributed by atoms with E-state index in [4.69, 9.17) is 10.5 Å². The second kappa shape index (κ2) is 11.9. The predicted octanol–water partition coefficient (Wildman–Crippen LogP) is 7.92. The standard InChI is InChI=1S/C38H51N3O2/c1-6-28(23-41-36(42)35(39)24(2)3)43-29-15-18-37(4)27(22-29)11-13-31-32-14-12-26(38(32,5)19-16-33(31)37)21-25-17-20-40-34-10-8-7-9-30(25)34/h7-12,20,24-25,29,31-33,35H,1,13-19,21-23,39H2,2-5H3,(H,41,42)/t25?,29-,31?,32?,33?,35?,37-,38+/m0/s1. The lowest BCUT2D eigenvalue weighted by Gasteiger charge is -2.58. The van der Waals surface area contributed by atoms with Gasteiger partial charge in [-0.3, -0.25) is 9.79 Å². The van der Waals surface area contributed by atoms with Gasteiger partial charge in [-0.15, -0.1) is 0 Å². The molecule has 1 heterocycles. The summed E-state index contributed by atoms with van der Waals surface area (Å²) in [7, 11) is 0. The van der Waals surface area contributed by atoms with Crippen molar-refractivity contribution in [2.45, 2.75) is 104 Å². The average Bonchev–Trinajstić information content (AvgIpc) is 3.34. The van der Waals surface area contributed by atoms with Gasteiger partial charge in [-0.2, -0.15) is 0 Å². The van der Waals surface area contributed by atoms with E-state index in [1.165, 1.54) is 37.7 Å². The maximum Gasteiger partial charge on any atom is 0.237 e. The Morgan fingerprint density at radius 3 is 2.70 bits per heavy atom. The van der Waals surface area contributed by atoms with Crippen LogP contribution in [0.25, 0.3) is 0 Å². The van der Waals surface area contributed by atoms with Crippen LogP contribution in [0.1, 0.15) is 97.0 Å². The van der Waals surface area contributed by atoms with Crippen LogP contribution in [0.2, 0.25) is 0 Å². The van der Waals surface area contributed by atoms with Crippen molar-refractivity contribution in [1.82, 2.24) is 5.32 Å². The minimum atomic E-state index is -0.524. The summed E-state index contributed by atoms with van der Waals surface area (Å²) < 4.78 is 6.39. The number of nitrogens with zero attached hydrogens (tertiary/aromatic N) is 1. The molecule has 5 aliphatic rings. The number of amides is 1. The minimum Gasteiger partial charge on any atom is -0.485 e. The number of para-hydroxylation sites is 1. The molecule has 0 radical (unpaired) electrons. The van der Waals surface area contributed by atoms with Crippen molar-refractivity contribution < 1.29 is 9.53 Å². The molecule has 4 aliphatic carbocycles. The summed E-state index contributed by atoms with van der Waals surface area (Å²) in [5.74, 6) is 3.33. The Labute approximate surface area is 258 Å². The molecule has 5 heteroatoms. The van der Waals surface area contributed by atoms with Crippen LogP contribution in [-0.2, 0) is 9.53 Å². The van der Waals surface area contributed by atoms with Crippen molar-refractivity contribution in [3.63, 3.8) is 0 Å². The SMILES string of the molecule is C=C=C(CNC(=O)C(N)C(C)C)O[C@H]1CC[C@@]2(C)C(=CCC3C2CC[C@]2(C)C(CC4CC=Nc5ccccc54)=CCC32)C1. The summed E-state index contributed by atoms with van der Waals surface area (Å²) >= 11 is 0. The molecule has 1 aliphatic heterocycles. The van der Waals surface area contributed by atoms with E-state index in [1.54, 1.807) is 11.1 Å². The third-order valence-electron chi connectivity index (χ3n) is 12.2. The Kier molecular flexibility index (Phi) is 8.35. The summed E-state index contributed by atoms with van der Waals surface area (Å²) in [5, 5.41) is 2.91. The van der Waals surface area contributed by atoms with Crippen LogP contribution in [-0.4, -0.2) is 30.8 Å². The summed E-state index contributed by atoms with van der Waals surface area (Å²) in [6.45, 7) is 13.2. The van der Waals surface area contributed by atoms with E-state index in [2.05, 4.69) is 79.1 Å². The summed E-state index contributed by atoms with van der Waals surface area (Å²) in [4.78, 5) is 17.0. The van der Waals surface area contributed by atoms with Gasteiger partial charge in [0.1, 0.15) is 6.10 Å². The van der Waals surface area contributed by atoms with Crippen molar-refractivity contribution in [1.29, 1.82) is 0 Å². The van der Waals surface area contributed by atoms with Crippen LogP contribution >= 0.6 is 0 Å². The average molecular weight is 582 g/mol. The Morgan fingerprint density at radius 1 is 1.12 bits per heavy atom. The molecule has 8 atom stereocenters. The van der Waals surface area contributed by atoms with Crippen molar-refractivity contribution in [3.05, 3.63) is 71.2 Å². The number of fused-ring (bicyclic) bond motifs is 6. The monoisotopic (exact) mass is 581 g/mol. The van der Waals surface area contributed by atoms with Gasteiger partial charge in [-0.25, -0.2) is 0 Å². The summed E-state index contributed by atoms with van der Waals surface area (Å²) in [6, 6.07) is 8.22. The number of hydrogen-bond donors (Lipinski definition) is 2. The highest BCUT2D eigenvalue weighted by atomic mass is 16.5. The van der Waals surface area contributed by atoms with Crippen LogP contribution in [0.15, 0.2) is 70.6 Å². The molecule has 0 saturated heterocycles. The number of allylic oxidation sites excluding steroid dienone is 3. The van der Waals surface area contributed by atoms with E-state index in [0.717, 1.165) is 49.1 Å². The molecule has 1 aromatic carbocycles. The van der Waals surface area contributed by atoms with E-state index < -0.39 is 6.04 Å². The summed E-state index contributed by atoms with van der Waals surface area (Å²) in [5.41, 5.74) is 15.4. The van der Waals surface area contributed by atoms with Gasteiger partial charge in [-0.05, 0) is 103 Å². The number of hydrogen-bond acceptors (Lipinski definition) is 4. The van der Waals surface area contributed by atoms with Crippen molar-refractivity contribution >= 4 is 17.8 Å². The Balaban J connectivity index is 1.10. The molecule has 2 saturated carbocycles. The zero-order chi connectivity index (χ0) is 30.4. The van der Waals surface area contributed by atoms with Crippen LogP contribution in [0.5, 0.6) is 0 Å². The molecule has 43 heavy (non-hydrogen) atoms. The predicted molar refractivity (Wildman–Crippen MR) is 175 cm³/mol. The van der Waals surface area contributed by atoms with Gasteiger partial charge >= 0.3 is 0 Å². The van der Waals surface area contributed by atoms with Crippen LogP contribution in [0.4, 0.5) is 5.69 Å². The molecule has 1 aromatic rings. The lowest BCUT2D eigenvalue weighted by atomic mass is 9.47. The molecule has 0 aromatic heterocycles. The Hall–Kier alpha value is -2.88. The number of benzene rings is 1. The number of carbonyl (C=O) groups is 1. The maximum absolute atomic E-state index is 12.4. The largest absolute Gasteiger partial charge is 0.485 e. The van der Waals surface area contributed by atoms with Crippen LogP contribution in [0.3, 0.4) is 0 Å². The lowest BCUT2D eigenvalue weighted by Crippen LogP contribution is -2.50. The van der Waals surface area contributed by atoms with E-state index in [-0.39, 0.29) is 29.9 Å². The van der Waals surface area contributed by atoms with Gasteiger partial charge in [0.2, 0.25) is 5.91 Å². The molecule has 230 valence electrons. The highest BCUT2D eigenvalue weighted by molar-refractivity contribution is 5.81. The Morgan fingerprint density at radius 2 is 1.91 bits per heavy atom. The van der Waals surface area contributed by atoms with E-state index in [9.17, 15) is 4.79 Å². The number of nitrogens with one attached hydrogen (secondary N) is 1. The van der Waals surface area contributed by atoms with Gasteiger partial charge in [0.25, 0.3) is 0 Å². The number of nitrogens with two attached hydrogens (primary N) is 1. The molecule has 5 unspecified atom stereocenters. The maximum atomic E-state index is 12.4. The molecule has 0 bridgehead atoms. The first kappa shape index (κ1) is 30.2. The molecule has 0 spiro atoms. The fourth-order valence-electron chi connectivity index (χ4n) is 9.45. The van der Waals surface area contributed by atoms with E-state index in [0.29, 0.717) is 17.1 Å². The van der Waals surface area contributed by atoms with Crippen molar-refractivity contribution in [3.8, 4) is 0 Å². The topological polar surface area (TPSA) is 76.7 Å². The molecule has 3 N–H and O–H groups in total. The third-order valence-corrected chi connectivity index (χ3v) is 12.2. The molecular formula is C38H51N3O2. The summed E-state index contributed by atoms with van der Waals surface area (Å²) in [6.07, 6.45) is 17.9. The zero-order valence-corrected chi connectivity index (χ0v) is 26.7. The van der Waals surface area contributed by atoms with Crippen molar-refractivity contribution in [2.75, 3.05) is 6.54 Å². The number of carbonyl (C=O) groups excluding carboxylic acids is 1. The van der Waals surface area contributed by atoms with Crippen LogP contribution < -0.4 is 11.1 Å². The van der Waals surface area contributed by atoms with Gasteiger partial charge in [0.05, 0.1) is 18.3 Å². The first-order valence-electron chi connectivity index (χ1n) is 16.7. The molecule has 1 amide bonds. The number of rotatable bonds is 8. The van der Waals surface area contributed by atoms with E-state index >= 15 is 0 Å². The highest BCUT2D eigenvalue weighted by Crippen LogP contribution is 2.66. The fraction of sp³-hybridized carbons (Fsp3) is 0.605. The first-order chi connectivity index (χ1) is 20.6. The molecule has 6 rings (SSSR count). The molecular weight excluding hydrogens is 530 g/mol. The van der Waals surface area contributed by atoms with Gasteiger partial charge in [-0.1, -0.05) is 81.5 Å². The third kappa shape index (κ3) is 5.49. The first-order valence-corrected chi connectivity index (χ1v) is 16.7. The lowest BCUT2D eigenvalue weighted by molar-refractivity contribution is -0.123. The smallest absolute Gasteiger partial charge is 0.237 e. The van der Waals surface area contributed by atoms with Crippen LogP contribution in [0, 0.1) is 34.5 Å². The van der Waals surface area contributed by atoms with Gasteiger partial charge in [0, 0.05) is 12.6 Å². The fourth-order valence-corrected chi connectivity index (χ4v) is 9.45.